The number of allylic oxidation sites excluding steroid dienone is 1. The highest BCUT2D eigenvalue weighted by atomic mass is 16.5. The second kappa shape index (κ2) is 10.2. The molecule has 0 bridgehead atoms. The lowest BCUT2D eigenvalue weighted by molar-refractivity contribution is -0.134. The molecule has 1 N–H and O–H groups in total. The average Bonchev–Trinajstić information content (AvgIpc) is 2.67. The third kappa shape index (κ3) is 6.29. The maximum absolute atomic E-state index is 12.2. The Hall–Kier alpha value is -3.08. The number of rotatable bonds is 9. The number of phenols is 1. The molecular weight excluding hydrogens is 344 g/mol. The smallest absolute Gasteiger partial charge is 0.311 e. The van der Waals surface area contributed by atoms with Crippen LogP contribution in [0.5, 0.6) is 17.2 Å². The van der Waals surface area contributed by atoms with Crippen LogP contribution in [0.15, 0.2) is 48.5 Å². The second-order valence-electron chi connectivity index (χ2n) is 6.08. The van der Waals surface area contributed by atoms with Crippen molar-refractivity contribution >= 4 is 17.8 Å². The Morgan fingerprint density at radius 1 is 1.04 bits per heavy atom. The fourth-order valence-electron chi connectivity index (χ4n) is 2.45. The van der Waals surface area contributed by atoms with E-state index in [0.717, 1.165) is 19.3 Å². The van der Waals surface area contributed by atoms with E-state index in [1.165, 1.54) is 18.2 Å². The summed E-state index contributed by atoms with van der Waals surface area (Å²) in [5.74, 6) is 0.387. The molecule has 0 radical (unpaired) electrons. The van der Waals surface area contributed by atoms with Gasteiger partial charge in [-0.05, 0) is 55.0 Å². The van der Waals surface area contributed by atoms with E-state index in [-0.39, 0.29) is 23.3 Å². The van der Waals surface area contributed by atoms with Crippen LogP contribution in [0.1, 0.15) is 48.5 Å². The largest absolute Gasteiger partial charge is 0.507 e. The minimum atomic E-state index is -0.319. The first kappa shape index (κ1) is 20.2. The minimum Gasteiger partial charge on any atom is -0.507 e. The van der Waals surface area contributed by atoms with E-state index in [0.29, 0.717) is 23.3 Å². The number of unbranched alkanes of at least 4 members (excludes halogenated alkanes) is 2. The highest BCUT2D eigenvalue weighted by Gasteiger charge is 2.08. The molecule has 0 unspecified atom stereocenters. The van der Waals surface area contributed by atoms with Crippen molar-refractivity contribution in [2.75, 3.05) is 7.11 Å². The predicted molar refractivity (Wildman–Crippen MR) is 104 cm³/mol. The van der Waals surface area contributed by atoms with Crippen molar-refractivity contribution < 1.29 is 24.2 Å². The first-order valence-corrected chi connectivity index (χ1v) is 8.93. The van der Waals surface area contributed by atoms with Crippen LogP contribution in [-0.2, 0) is 4.79 Å². The van der Waals surface area contributed by atoms with Gasteiger partial charge in [-0.15, -0.1) is 0 Å². The summed E-state index contributed by atoms with van der Waals surface area (Å²) in [4.78, 5) is 23.9. The van der Waals surface area contributed by atoms with E-state index in [1.54, 1.807) is 43.5 Å². The number of aromatic hydroxyl groups is 1. The molecule has 0 aliphatic rings. The molecular formula is C22H24O5. The van der Waals surface area contributed by atoms with Crippen molar-refractivity contribution in [3.05, 3.63) is 59.7 Å². The molecule has 0 spiro atoms. The van der Waals surface area contributed by atoms with Gasteiger partial charge in [-0.2, -0.15) is 0 Å². The summed E-state index contributed by atoms with van der Waals surface area (Å²) in [5, 5.41) is 10.1. The van der Waals surface area contributed by atoms with Crippen molar-refractivity contribution in [3.8, 4) is 17.2 Å². The van der Waals surface area contributed by atoms with Gasteiger partial charge in [0.25, 0.3) is 0 Å². The Morgan fingerprint density at radius 3 is 2.37 bits per heavy atom. The summed E-state index contributed by atoms with van der Waals surface area (Å²) >= 11 is 0. The molecule has 5 nitrogen and oxygen atoms in total. The van der Waals surface area contributed by atoms with Crippen molar-refractivity contribution in [2.24, 2.45) is 0 Å². The van der Waals surface area contributed by atoms with Gasteiger partial charge in [-0.3, -0.25) is 9.59 Å². The van der Waals surface area contributed by atoms with Gasteiger partial charge in [0.1, 0.15) is 17.2 Å². The van der Waals surface area contributed by atoms with Crippen LogP contribution >= 0.6 is 0 Å². The van der Waals surface area contributed by atoms with Crippen LogP contribution in [0.3, 0.4) is 0 Å². The molecule has 2 aromatic carbocycles. The van der Waals surface area contributed by atoms with Crippen molar-refractivity contribution in [3.63, 3.8) is 0 Å². The first-order chi connectivity index (χ1) is 13.0. The number of carbonyl (C=O) groups is 2. The topological polar surface area (TPSA) is 72.8 Å². The maximum Gasteiger partial charge on any atom is 0.311 e. The summed E-state index contributed by atoms with van der Waals surface area (Å²) < 4.78 is 10.3. The molecule has 142 valence electrons. The molecule has 5 heteroatoms. The molecule has 2 rings (SSSR count). The van der Waals surface area contributed by atoms with Crippen molar-refractivity contribution in [1.29, 1.82) is 0 Å². The molecule has 0 saturated heterocycles. The molecule has 0 saturated carbocycles. The van der Waals surface area contributed by atoms with Crippen molar-refractivity contribution in [2.45, 2.75) is 32.6 Å². The Bertz CT molecular complexity index is 806. The van der Waals surface area contributed by atoms with E-state index >= 15 is 0 Å². The van der Waals surface area contributed by atoms with Gasteiger partial charge in [-0.25, -0.2) is 0 Å². The number of ketones is 1. The van der Waals surface area contributed by atoms with E-state index in [4.69, 9.17) is 9.47 Å². The number of ether oxygens (including phenoxy) is 2. The van der Waals surface area contributed by atoms with Gasteiger partial charge in [-0.1, -0.05) is 19.8 Å². The zero-order chi connectivity index (χ0) is 19.6. The summed E-state index contributed by atoms with van der Waals surface area (Å²) in [7, 11) is 1.56. The Labute approximate surface area is 159 Å². The van der Waals surface area contributed by atoms with Crippen LogP contribution in [0, 0.1) is 0 Å². The third-order valence-corrected chi connectivity index (χ3v) is 4.01. The van der Waals surface area contributed by atoms with E-state index in [2.05, 4.69) is 6.92 Å². The van der Waals surface area contributed by atoms with E-state index < -0.39 is 0 Å². The third-order valence-electron chi connectivity index (χ3n) is 4.01. The van der Waals surface area contributed by atoms with Gasteiger partial charge in [0.05, 0.1) is 7.11 Å². The minimum absolute atomic E-state index is 0.0624. The summed E-state index contributed by atoms with van der Waals surface area (Å²) in [6, 6.07) is 11.3. The molecule has 0 aromatic heterocycles. The first-order valence-electron chi connectivity index (χ1n) is 8.93. The van der Waals surface area contributed by atoms with Crippen LogP contribution in [0.25, 0.3) is 6.08 Å². The zero-order valence-electron chi connectivity index (χ0n) is 15.6. The number of phenolic OH excluding ortho intramolecular Hbond substituents is 1. The molecule has 27 heavy (non-hydrogen) atoms. The Kier molecular flexibility index (Phi) is 7.62. The fraction of sp³-hybridized carbons (Fsp3) is 0.273. The number of esters is 1. The highest BCUT2D eigenvalue weighted by molar-refractivity contribution is 6.07. The van der Waals surface area contributed by atoms with Crippen LogP contribution in [-0.4, -0.2) is 24.0 Å². The Balaban J connectivity index is 1.99. The SMILES string of the molecule is CCCCCC(=O)Oc1ccc(/C=C/C(=O)c2ccc(OC)cc2)c(O)c1. The highest BCUT2D eigenvalue weighted by Crippen LogP contribution is 2.25. The lowest BCUT2D eigenvalue weighted by Crippen LogP contribution is -2.07. The average molecular weight is 368 g/mol. The van der Waals surface area contributed by atoms with E-state index in [1.807, 2.05) is 0 Å². The molecule has 0 atom stereocenters. The van der Waals surface area contributed by atoms with Crippen molar-refractivity contribution in [1.82, 2.24) is 0 Å². The maximum atomic E-state index is 12.2. The predicted octanol–water partition coefficient (Wildman–Crippen LogP) is 4.78. The molecule has 0 aliphatic heterocycles. The van der Waals surface area contributed by atoms with Crippen LogP contribution < -0.4 is 9.47 Å². The van der Waals surface area contributed by atoms with Gasteiger partial charge in [0.15, 0.2) is 5.78 Å². The molecule has 0 aliphatic carbocycles. The lowest BCUT2D eigenvalue weighted by atomic mass is 10.1. The summed E-state index contributed by atoms with van der Waals surface area (Å²) in [6.45, 7) is 2.06. The van der Waals surface area contributed by atoms with Gasteiger partial charge in [0, 0.05) is 23.6 Å². The van der Waals surface area contributed by atoms with E-state index in [9.17, 15) is 14.7 Å². The number of benzene rings is 2. The fourth-order valence-corrected chi connectivity index (χ4v) is 2.45. The second-order valence-corrected chi connectivity index (χ2v) is 6.08. The van der Waals surface area contributed by atoms with Gasteiger partial charge in [0.2, 0.25) is 0 Å². The van der Waals surface area contributed by atoms with Crippen LogP contribution in [0.4, 0.5) is 0 Å². The summed E-state index contributed by atoms with van der Waals surface area (Å²) in [5.41, 5.74) is 0.979. The number of methoxy groups -OCH3 is 1. The lowest BCUT2D eigenvalue weighted by Gasteiger charge is -2.06. The number of hydrogen-bond donors (Lipinski definition) is 1. The monoisotopic (exact) mass is 368 g/mol. The van der Waals surface area contributed by atoms with Gasteiger partial charge >= 0.3 is 5.97 Å². The quantitative estimate of drug-likeness (QED) is 0.227. The summed E-state index contributed by atoms with van der Waals surface area (Å²) in [6.07, 6.45) is 6.06. The molecule has 0 fully saturated rings. The molecule has 0 amide bonds. The number of hydrogen-bond acceptors (Lipinski definition) is 5. The molecule has 2 aromatic rings. The molecule has 0 heterocycles. The standard InChI is InChI=1S/C22H24O5/c1-3-4-5-6-22(25)27-19-13-9-17(21(24)15-19)10-14-20(23)16-7-11-18(26-2)12-8-16/h7-15,24H,3-6H2,1-2H3/b14-10+. The Morgan fingerprint density at radius 2 is 1.74 bits per heavy atom. The zero-order valence-corrected chi connectivity index (χ0v) is 15.6. The van der Waals surface area contributed by atoms with Gasteiger partial charge < -0.3 is 14.6 Å². The number of carbonyl (C=O) groups excluding carboxylic acids is 2. The normalized spacial score (nSPS) is 10.7. The van der Waals surface area contributed by atoms with Crippen LogP contribution in [0.2, 0.25) is 0 Å².